The summed E-state index contributed by atoms with van der Waals surface area (Å²) in [6.07, 6.45) is -0.115. The average molecular weight is 483 g/mol. The number of piperidine rings is 1. The van der Waals surface area contributed by atoms with Crippen molar-refractivity contribution in [3.63, 3.8) is 0 Å². The van der Waals surface area contributed by atoms with E-state index in [0.717, 1.165) is 61.1 Å². The third-order valence-corrected chi connectivity index (χ3v) is 6.77. The number of methoxy groups -OCH3 is 1. The molecule has 0 spiro atoms. The van der Waals surface area contributed by atoms with Crippen LogP contribution in [0.25, 0.3) is 10.9 Å². The third kappa shape index (κ3) is 5.92. The molecule has 1 aromatic heterocycles. The van der Waals surface area contributed by atoms with Gasteiger partial charge in [-0.25, -0.2) is 0 Å². The predicted octanol–water partition coefficient (Wildman–Crippen LogP) is 5.24. The highest BCUT2D eigenvalue weighted by atomic mass is 19.4. The molecular formula is C27H29F3N4O. The quantitative estimate of drug-likeness (QED) is 0.499. The van der Waals surface area contributed by atoms with E-state index >= 15 is 0 Å². The maximum Gasteiger partial charge on any atom is 0.416 e. The number of ether oxygens (including phenoxy) is 1. The topological polar surface area (TPSA) is 61.2 Å². The van der Waals surface area contributed by atoms with Crippen molar-refractivity contribution in [2.75, 3.05) is 26.7 Å². The van der Waals surface area contributed by atoms with Gasteiger partial charge in [0.1, 0.15) is 11.8 Å². The number of hydrogen-bond acceptors (Lipinski definition) is 5. The zero-order valence-electron chi connectivity index (χ0n) is 20.0. The number of pyridine rings is 1. The van der Waals surface area contributed by atoms with Crippen LogP contribution in [-0.2, 0) is 19.1 Å². The van der Waals surface area contributed by atoms with E-state index in [2.05, 4.69) is 21.3 Å². The van der Waals surface area contributed by atoms with Crippen molar-refractivity contribution in [2.45, 2.75) is 44.9 Å². The predicted molar refractivity (Wildman–Crippen MR) is 129 cm³/mol. The second-order valence-corrected chi connectivity index (χ2v) is 9.04. The summed E-state index contributed by atoms with van der Waals surface area (Å²) in [4.78, 5) is 6.77. The van der Waals surface area contributed by atoms with E-state index in [9.17, 15) is 18.4 Å². The Hall–Kier alpha value is -3.15. The fraction of sp³-hybridized carbons (Fsp3) is 0.407. The van der Waals surface area contributed by atoms with Crippen LogP contribution in [0.2, 0.25) is 0 Å². The van der Waals surface area contributed by atoms with Crippen LogP contribution >= 0.6 is 0 Å². The number of nitriles is 1. The largest absolute Gasteiger partial charge is 0.497 e. The summed E-state index contributed by atoms with van der Waals surface area (Å²) in [6.45, 7) is 4.52. The third-order valence-electron chi connectivity index (χ3n) is 6.77. The number of nitrogens with zero attached hydrogens (tertiary/aromatic N) is 3. The molecule has 0 unspecified atom stereocenters. The number of nitrogens with one attached hydrogen (secondary N) is 1. The van der Waals surface area contributed by atoms with Gasteiger partial charge in [-0.3, -0.25) is 4.98 Å². The van der Waals surface area contributed by atoms with Gasteiger partial charge in [0.05, 0.1) is 23.8 Å². The van der Waals surface area contributed by atoms with Crippen LogP contribution in [0, 0.1) is 18.3 Å². The van der Waals surface area contributed by atoms with Crippen molar-refractivity contribution in [3.05, 3.63) is 70.4 Å². The first-order valence-corrected chi connectivity index (χ1v) is 11.8. The van der Waals surface area contributed by atoms with E-state index in [-0.39, 0.29) is 11.6 Å². The molecule has 0 aliphatic carbocycles. The van der Waals surface area contributed by atoms with Crippen molar-refractivity contribution in [1.29, 1.82) is 5.26 Å². The molecule has 4 rings (SSSR count). The molecule has 8 heteroatoms. The van der Waals surface area contributed by atoms with Gasteiger partial charge in [0.25, 0.3) is 0 Å². The fourth-order valence-corrected chi connectivity index (χ4v) is 4.70. The van der Waals surface area contributed by atoms with E-state index in [1.165, 1.54) is 19.1 Å². The van der Waals surface area contributed by atoms with Crippen LogP contribution in [-0.4, -0.2) is 42.7 Å². The summed E-state index contributed by atoms with van der Waals surface area (Å²) in [5, 5.41) is 14.0. The SMILES string of the molecule is COc1ccc2ncc(C#N)c(CCN3CCC(NCc4ccc(C)c(C(F)(F)F)c4)CC3)c2c1. The van der Waals surface area contributed by atoms with Crippen LogP contribution in [0.5, 0.6) is 5.75 Å². The van der Waals surface area contributed by atoms with Gasteiger partial charge in [0, 0.05) is 30.7 Å². The molecule has 5 nitrogen and oxygen atoms in total. The number of likely N-dealkylation sites (tertiary alicyclic amines) is 1. The van der Waals surface area contributed by atoms with Crippen molar-refractivity contribution in [2.24, 2.45) is 0 Å². The Bertz CT molecular complexity index is 1230. The number of hydrogen-bond donors (Lipinski definition) is 1. The van der Waals surface area contributed by atoms with Crippen LogP contribution in [0.3, 0.4) is 0 Å². The molecule has 0 saturated carbocycles. The minimum atomic E-state index is -4.33. The van der Waals surface area contributed by atoms with Gasteiger partial charge in [-0.05, 0) is 80.2 Å². The second kappa shape index (κ2) is 10.6. The van der Waals surface area contributed by atoms with Gasteiger partial charge >= 0.3 is 6.18 Å². The molecule has 2 heterocycles. The van der Waals surface area contributed by atoms with Crippen LogP contribution in [0.1, 0.15) is 40.7 Å². The first kappa shape index (κ1) is 25.0. The van der Waals surface area contributed by atoms with Gasteiger partial charge in [0.2, 0.25) is 0 Å². The van der Waals surface area contributed by atoms with E-state index in [4.69, 9.17) is 4.74 Å². The summed E-state index contributed by atoms with van der Waals surface area (Å²) >= 11 is 0. The summed E-state index contributed by atoms with van der Waals surface area (Å²) < 4.78 is 44.9. The molecule has 1 saturated heterocycles. The molecule has 2 aromatic carbocycles. The molecule has 35 heavy (non-hydrogen) atoms. The van der Waals surface area contributed by atoms with Crippen LogP contribution in [0.4, 0.5) is 13.2 Å². The molecule has 0 radical (unpaired) electrons. The van der Waals surface area contributed by atoms with E-state index in [0.29, 0.717) is 17.7 Å². The number of alkyl halides is 3. The van der Waals surface area contributed by atoms with E-state index in [1.54, 1.807) is 19.4 Å². The molecule has 0 amide bonds. The van der Waals surface area contributed by atoms with E-state index < -0.39 is 11.7 Å². The molecule has 0 atom stereocenters. The molecule has 3 aromatic rings. The maximum absolute atomic E-state index is 13.2. The van der Waals surface area contributed by atoms with Crippen molar-refractivity contribution in [3.8, 4) is 11.8 Å². The number of aryl methyl sites for hydroxylation is 1. The number of aromatic nitrogens is 1. The van der Waals surface area contributed by atoms with Crippen molar-refractivity contribution in [1.82, 2.24) is 15.2 Å². The molecule has 184 valence electrons. The Balaban J connectivity index is 1.33. The number of halogens is 3. The van der Waals surface area contributed by atoms with Crippen LogP contribution in [0.15, 0.2) is 42.6 Å². The number of rotatable bonds is 7. The highest BCUT2D eigenvalue weighted by Gasteiger charge is 2.32. The van der Waals surface area contributed by atoms with Gasteiger partial charge in [0.15, 0.2) is 0 Å². The molecule has 1 N–H and O–H groups in total. The van der Waals surface area contributed by atoms with Crippen LogP contribution < -0.4 is 10.1 Å². The average Bonchev–Trinajstić information content (AvgIpc) is 2.86. The Morgan fingerprint density at radius 2 is 1.94 bits per heavy atom. The number of fused-ring (bicyclic) bond motifs is 1. The summed E-state index contributed by atoms with van der Waals surface area (Å²) in [5.74, 6) is 0.735. The molecule has 0 bridgehead atoms. The monoisotopic (exact) mass is 482 g/mol. The lowest BCUT2D eigenvalue weighted by molar-refractivity contribution is -0.138. The Kier molecular flexibility index (Phi) is 7.58. The molecule has 1 aliphatic heterocycles. The maximum atomic E-state index is 13.2. The minimum Gasteiger partial charge on any atom is -0.497 e. The zero-order chi connectivity index (χ0) is 25.0. The highest BCUT2D eigenvalue weighted by Crippen LogP contribution is 2.32. The second-order valence-electron chi connectivity index (χ2n) is 9.04. The lowest BCUT2D eigenvalue weighted by atomic mass is 9.99. The lowest BCUT2D eigenvalue weighted by Crippen LogP contribution is -2.42. The Morgan fingerprint density at radius 3 is 2.63 bits per heavy atom. The van der Waals surface area contributed by atoms with Gasteiger partial charge in [-0.2, -0.15) is 18.4 Å². The Morgan fingerprint density at radius 1 is 1.17 bits per heavy atom. The standard InChI is InChI=1S/C27H29F3N4O/c1-18-3-4-19(13-25(18)27(28,29)30)16-32-21-7-10-34(11-8-21)12-9-23-20(15-31)17-33-26-6-5-22(35-2)14-24(23)26/h3-6,13-14,17,21,32H,7-12,16H2,1-2H3. The first-order chi connectivity index (χ1) is 16.8. The number of benzene rings is 2. The van der Waals surface area contributed by atoms with Gasteiger partial charge in [-0.1, -0.05) is 12.1 Å². The lowest BCUT2D eigenvalue weighted by Gasteiger charge is -2.32. The van der Waals surface area contributed by atoms with Gasteiger partial charge < -0.3 is 15.0 Å². The van der Waals surface area contributed by atoms with E-state index in [1.807, 2.05) is 18.2 Å². The smallest absolute Gasteiger partial charge is 0.416 e. The molecular weight excluding hydrogens is 453 g/mol. The molecule has 1 fully saturated rings. The summed E-state index contributed by atoms with van der Waals surface area (Å²) in [6, 6.07) is 12.8. The van der Waals surface area contributed by atoms with Gasteiger partial charge in [-0.15, -0.1) is 0 Å². The van der Waals surface area contributed by atoms with Crippen molar-refractivity contribution >= 4 is 10.9 Å². The minimum absolute atomic E-state index is 0.245. The first-order valence-electron chi connectivity index (χ1n) is 11.8. The highest BCUT2D eigenvalue weighted by molar-refractivity contribution is 5.85. The Labute approximate surface area is 203 Å². The summed E-state index contributed by atoms with van der Waals surface area (Å²) in [7, 11) is 1.62. The normalized spacial score (nSPS) is 15.3. The molecule has 1 aliphatic rings. The van der Waals surface area contributed by atoms with Crippen molar-refractivity contribution < 1.29 is 17.9 Å². The fourth-order valence-electron chi connectivity index (χ4n) is 4.70. The zero-order valence-corrected chi connectivity index (χ0v) is 20.0. The summed E-state index contributed by atoms with van der Waals surface area (Å²) in [5.41, 5.74) is 2.73.